The molecular formula is C16H19N3O2S. The van der Waals surface area contributed by atoms with E-state index < -0.39 is 0 Å². The predicted octanol–water partition coefficient (Wildman–Crippen LogP) is 2.63. The Kier molecular flexibility index (Phi) is 3.31. The fourth-order valence-corrected chi connectivity index (χ4v) is 4.37. The molecule has 116 valence electrons. The number of methoxy groups -OCH3 is 1. The molecule has 0 radical (unpaired) electrons. The molecule has 1 spiro atoms. The summed E-state index contributed by atoms with van der Waals surface area (Å²) in [6, 6.07) is 5.76. The number of nitrogens with one attached hydrogen (secondary N) is 2. The summed E-state index contributed by atoms with van der Waals surface area (Å²) in [5.41, 5.74) is 1.16. The number of fused-ring (bicyclic) bond motifs is 1. The Bertz CT molecular complexity index is 721. The SMILES string of the molecule is COc1ccc2nc(NC(=O)C3CC34CCNCC4)sc2c1. The van der Waals surface area contributed by atoms with E-state index >= 15 is 0 Å². The van der Waals surface area contributed by atoms with E-state index in [2.05, 4.69) is 15.6 Å². The molecule has 22 heavy (non-hydrogen) atoms. The number of hydrogen-bond acceptors (Lipinski definition) is 5. The van der Waals surface area contributed by atoms with Gasteiger partial charge in [0.2, 0.25) is 5.91 Å². The Morgan fingerprint density at radius 1 is 1.45 bits per heavy atom. The molecule has 6 heteroatoms. The second kappa shape index (κ2) is 5.21. The average molecular weight is 317 g/mol. The number of carbonyl (C=O) groups excluding carboxylic acids is 1. The highest BCUT2D eigenvalue weighted by Gasteiger charge is 2.57. The molecule has 5 nitrogen and oxygen atoms in total. The highest BCUT2D eigenvalue weighted by atomic mass is 32.1. The number of piperidine rings is 1. The summed E-state index contributed by atoms with van der Waals surface area (Å²) in [6.07, 6.45) is 3.25. The zero-order chi connectivity index (χ0) is 15.2. The van der Waals surface area contributed by atoms with Gasteiger partial charge in [-0.1, -0.05) is 11.3 Å². The molecule has 1 unspecified atom stereocenters. The molecule has 2 aromatic rings. The lowest BCUT2D eigenvalue weighted by Gasteiger charge is -2.22. The molecule has 4 rings (SSSR count). The van der Waals surface area contributed by atoms with Gasteiger partial charge in [0, 0.05) is 5.92 Å². The summed E-state index contributed by atoms with van der Waals surface area (Å²) < 4.78 is 6.25. The van der Waals surface area contributed by atoms with E-state index in [1.807, 2.05) is 18.2 Å². The molecule has 2 fully saturated rings. The van der Waals surface area contributed by atoms with Crippen LogP contribution in [0.2, 0.25) is 0 Å². The minimum atomic E-state index is 0.132. The quantitative estimate of drug-likeness (QED) is 0.913. The normalized spacial score (nSPS) is 22.7. The zero-order valence-electron chi connectivity index (χ0n) is 12.5. The van der Waals surface area contributed by atoms with Crippen molar-refractivity contribution in [1.29, 1.82) is 0 Å². The Labute approximate surface area is 133 Å². The number of anilines is 1. The van der Waals surface area contributed by atoms with Crippen LogP contribution in [0.25, 0.3) is 10.2 Å². The molecule has 1 saturated heterocycles. The van der Waals surface area contributed by atoms with Crippen molar-refractivity contribution in [1.82, 2.24) is 10.3 Å². The maximum atomic E-state index is 12.5. The Balaban J connectivity index is 1.48. The van der Waals surface area contributed by atoms with Crippen LogP contribution in [-0.2, 0) is 4.79 Å². The van der Waals surface area contributed by atoms with Crippen molar-refractivity contribution in [2.24, 2.45) is 11.3 Å². The Hall–Kier alpha value is -1.66. The third-order valence-corrected chi connectivity index (χ3v) is 5.86. The van der Waals surface area contributed by atoms with Gasteiger partial charge in [-0.3, -0.25) is 4.79 Å². The fraction of sp³-hybridized carbons (Fsp3) is 0.500. The molecule has 1 saturated carbocycles. The first kappa shape index (κ1) is 14.0. The second-order valence-electron chi connectivity index (χ2n) is 6.21. The van der Waals surface area contributed by atoms with Crippen LogP contribution >= 0.6 is 11.3 Å². The summed E-state index contributed by atoms with van der Waals surface area (Å²) in [6.45, 7) is 2.06. The summed E-state index contributed by atoms with van der Waals surface area (Å²) in [7, 11) is 1.65. The number of carbonyl (C=O) groups is 1. The lowest BCUT2D eigenvalue weighted by Crippen LogP contribution is -2.31. The van der Waals surface area contributed by atoms with Crippen molar-refractivity contribution in [3.63, 3.8) is 0 Å². The Morgan fingerprint density at radius 2 is 2.27 bits per heavy atom. The smallest absolute Gasteiger partial charge is 0.229 e. The van der Waals surface area contributed by atoms with Gasteiger partial charge in [0.1, 0.15) is 5.75 Å². The van der Waals surface area contributed by atoms with Gasteiger partial charge < -0.3 is 15.4 Å². The van der Waals surface area contributed by atoms with Crippen LogP contribution in [0.4, 0.5) is 5.13 Å². The highest BCUT2D eigenvalue weighted by molar-refractivity contribution is 7.22. The molecule has 2 N–H and O–H groups in total. The third kappa shape index (κ3) is 2.36. The number of aromatic nitrogens is 1. The predicted molar refractivity (Wildman–Crippen MR) is 87.4 cm³/mol. The van der Waals surface area contributed by atoms with Gasteiger partial charge in [0.05, 0.1) is 17.3 Å². The van der Waals surface area contributed by atoms with Gasteiger partial charge in [0.25, 0.3) is 0 Å². The molecule has 1 atom stereocenters. The van der Waals surface area contributed by atoms with Gasteiger partial charge in [-0.05, 0) is 56.0 Å². The lowest BCUT2D eigenvalue weighted by atomic mass is 9.92. The third-order valence-electron chi connectivity index (χ3n) is 4.93. The fourth-order valence-electron chi connectivity index (χ4n) is 3.47. The van der Waals surface area contributed by atoms with Crippen molar-refractivity contribution in [3.05, 3.63) is 18.2 Å². The number of ether oxygens (including phenoxy) is 1. The van der Waals surface area contributed by atoms with Crippen LogP contribution in [-0.4, -0.2) is 31.1 Å². The molecule has 0 bridgehead atoms. The standard InChI is InChI=1S/C16H19N3O2S/c1-21-10-2-3-12-13(8-10)22-15(18-12)19-14(20)11-9-16(11)4-6-17-7-5-16/h2-3,8,11,17H,4-7,9H2,1H3,(H,18,19,20). The van der Waals surface area contributed by atoms with Crippen LogP contribution in [0, 0.1) is 11.3 Å². The van der Waals surface area contributed by atoms with Crippen molar-refractivity contribution in [3.8, 4) is 5.75 Å². The highest BCUT2D eigenvalue weighted by Crippen LogP contribution is 2.58. The number of hydrogen-bond donors (Lipinski definition) is 2. The van der Waals surface area contributed by atoms with Gasteiger partial charge in [-0.25, -0.2) is 4.98 Å². The minimum Gasteiger partial charge on any atom is -0.497 e. The average Bonchev–Trinajstić information content (AvgIpc) is 3.07. The molecule has 1 aliphatic carbocycles. The van der Waals surface area contributed by atoms with Crippen molar-refractivity contribution in [2.45, 2.75) is 19.3 Å². The van der Waals surface area contributed by atoms with Crippen molar-refractivity contribution < 1.29 is 9.53 Å². The monoisotopic (exact) mass is 317 g/mol. The van der Waals surface area contributed by atoms with Gasteiger partial charge in [-0.2, -0.15) is 0 Å². The first-order valence-electron chi connectivity index (χ1n) is 7.66. The lowest BCUT2D eigenvalue weighted by molar-refractivity contribution is -0.118. The molecule has 1 aromatic heterocycles. The summed E-state index contributed by atoms with van der Waals surface area (Å²) >= 11 is 1.50. The van der Waals surface area contributed by atoms with Crippen molar-refractivity contribution in [2.75, 3.05) is 25.5 Å². The van der Waals surface area contributed by atoms with E-state index in [-0.39, 0.29) is 17.2 Å². The van der Waals surface area contributed by atoms with Crippen LogP contribution in [0.3, 0.4) is 0 Å². The molecule has 1 amide bonds. The topological polar surface area (TPSA) is 63.2 Å². The number of amides is 1. The first-order chi connectivity index (χ1) is 10.7. The van der Waals surface area contributed by atoms with Crippen LogP contribution < -0.4 is 15.4 Å². The van der Waals surface area contributed by atoms with Crippen LogP contribution in [0.5, 0.6) is 5.75 Å². The van der Waals surface area contributed by atoms with Crippen LogP contribution in [0.1, 0.15) is 19.3 Å². The molecular weight excluding hydrogens is 298 g/mol. The summed E-state index contributed by atoms with van der Waals surface area (Å²) in [5, 5.41) is 7.06. The zero-order valence-corrected chi connectivity index (χ0v) is 13.3. The van der Waals surface area contributed by atoms with E-state index in [0.717, 1.165) is 48.3 Å². The molecule has 1 aromatic carbocycles. The van der Waals surface area contributed by atoms with E-state index in [1.54, 1.807) is 7.11 Å². The number of thiazole rings is 1. The van der Waals surface area contributed by atoms with E-state index in [0.29, 0.717) is 5.13 Å². The van der Waals surface area contributed by atoms with E-state index in [9.17, 15) is 4.79 Å². The largest absolute Gasteiger partial charge is 0.497 e. The number of nitrogens with zero attached hydrogens (tertiary/aromatic N) is 1. The number of benzene rings is 1. The maximum Gasteiger partial charge on any atom is 0.229 e. The van der Waals surface area contributed by atoms with E-state index in [4.69, 9.17) is 4.74 Å². The van der Waals surface area contributed by atoms with Crippen molar-refractivity contribution >= 4 is 32.6 Å². The van der Waals surface area contributed by atoms with Crippen LogP contribution in [0.15, 0.2) is 18.2 Å². The van der Waals surface area contributed by atoms with E-state index in [1.165, 1.54) is 11.3 Å². The summed E-state index contributed by atoms with van der Waals surface area (Å²) in [5.74, 6) is 1.11. The molecule has 2 aliphatic rings. The van der Waals surface area contributed by atoms with Gasteiger partial charge >= 0.3 is 0 Å². The minimum absolute atomic E-state index is 0.132. The summed E-state index contributed by atoms with van der Waals surface area (Å²) in [4.78, 5) is 16.9. The molecule has 2 heterocycles. The first-order valence-corrected chi connectivity index (χ1v) is 8.48. The number of rotatable bonds is 3. The molecule has 1 aliphatic heterocycles. The van der Waals surface area contributed by atoms with Gasteiger partial charge in [0.15, 0.2) is 5.13 Å². The second-order valence-corrected chi connectivity index (χ2v) is 7.24. The maximum absolute atomic E-state index is 12.5. The van der Waals surface area contributed by atoms with Gasteiger partial charge in [-0.15, -0.1) is 0 Å². The Morgan fingerprint density at radius 3 is 3.05 bits per heavy atom.